The van der Waals surface area contributed by atoms with Crippen LogP contribution in [0.5, 0.6) is 0 Å². The molecule has 0 atom stereocenters. The lowest BCUT2D eigenvalue weighted by molar-refractivity contribution is -0.130. The molecule has 104 valence electrons. The zero-order valence-corrected chi connectivity index (χ0v) is 11.9. The number of carbonyl (C=O) groups excluding carboxylic acids is 2. The molecule has 0 radical (unpaired) electrons. The molecule has 0 saturated carbocycles. The highest BCUT2D eigenvalue weighted by Gasteiger charge is 2.12. The van der Waals surface area contributed by atoms with Gasteiger partial charge >= 0.3 is 0 Å². The van der Waals surface area contributed by atoms with Gasteiger partial charge in [-0.15, -0.1) is 0 Å². The first-order valence-corrected chi connectivity index (χ1v) is 6.06. The molecule has 2 amide bonds. The second kappa shape index (κ2) is 7.06. The van der Waals surface area contributed by atoms with Crippen LogP contribution in [0.4, 0.5) is 5.82 Å². The van der Waals surface area contributed by atoms with Crippen LogP contribution in [0.25, 0.3) is 0 Å². The Hall–Kier alpha value is -1.66. The van der Waals surface area contributed by atoms with E-state index >= 15 is 0 Å². The van der Waals surface area contributed by atoms with Gasteiger partial charge in [0.25, 0.3) is 0 Å². The van der Waals surface area contributed by atoms with Gasteiger partial charge in [0.15, 0.2) is 0 Å². The van der Waals surface area contributed by atoms with Crippen molar-refractivity contribution in [3.05, 3.63) is 23.4 Å². The van der Waals surface area contributed by atoms with Crippen molar-refractivity contribution >= 4 is 29.2 Å². The third-order valence-corrected chi connectivity index (χ3v) is 2.54. The average Bonchev–Trinajstić information content (AvgIpc) is 2.31. The van der Waals surface area contributed by atoms with Gasteiger partial charge in [-0.05, 0) is 19.2 Å². The molecule has 1 N–H and O–H groups in total. The average molecular weight is 285 g/mol. The maximum Gasteiger partial charge on any atom is 0.239 e. The molecular weight excluding hydrogens is 268 g/mol. The number of hydrogen-bond donors (Lipinski definition) is 1. The molecule has 0 aliphatic heterocycles. The van der Waals surface area contributed by atoms with E-state index in [2.05, 4.69) is 10.3 Å². The number of nitrogens with one attached hydrogen (secondary N) is 1. The number of anilines is 1. The lowest BCUT2D eigenvalue weighted by Crippen LogP contribution is -2.38. The van der Waals surface area contributed by atoms with Crippen molar-refractivity contribution in [3.63, 3.8) is 0 Å². The first-order valence-electron chi connectivity index (χ1n) is 5.68. The lowest BCUT2D eigenvalue weighted by atomic mass is 10.4. The smallest absolute Gasteiger partial charge is 0.239 e. The van der Waals surface area contributed by atoms with Crippen molar-refractivity contribution < 1.29 is 9.59 Å². The summed E-state index contributed by atoms with van der Waals surface area (Å²) in [6.07, 6.45) is 1.45. The van der Waals surface area contributed by atoms with Gasteiger partial charge in [0.1, 0.15) is 5.82 Å². The summed E-state index contributed by atoms with van der Waals surface area (Å²) in [5.74, 6) is 0.144. The summed E-state index contributed by atoms with van der Waals surface area (Å²) in [5.41, 5.74) is 0. The molecule has 1 aromatic heterocycles. The fraction of sp³-hybridized carbons (Fsp3) is 0.417. The van der Waals surface area contributed by atoms with E-state index in [0.717, 1.165) is 0 Å². The van der Waals surface area contributed by atoms with Gasteiger partial charge in [0.05, 0.1) is 18.1 Å². The second-order valence-electron chi connectivity index (χ2n) is 4.37. The van der Waals surface area contributed by atoms with E-state index in [4.69, 9.17) is 11.6 Å². The molecule has 6 nitrogen and oxygen atoms in total. The Morgan fingerprint density at radius 3 is 2.47 bits per heavy atom. The Balaban J connectivity index is 2.42. The number of likely N-dealkylation sites (N-methyl/N-ethyl adjacent to an activating group) is 2. The third kappa shape index (κ3) is 5.67. The maximum atomic E-state index is 11.7. The number of nitrogens with zero attached hydrogens (tertiary/aromatic N) is 3. The Bertz CT molecular complexity index is 448. The number of aromatic nitrogens is 1. The monoisotopic (exact) mass is 284 g/mol. The van der Waals surface area contributed by atoms with Gasteiger partial charge in [-0.1, -0.05) is 11.6 Å². The van der Waals surface area contributed by atoms with Crippen molar-refractivity contribution in [2.75, 3.05) is 39.5 Å². The number of amides is 2. The first-order chi connectivity index (χ1) is 8.88. The van der Waals surface area contributed by atoms with Crippen LogP contribution in [0.15, 0.2) is 18.3 Å². The summed E-state index contributed by atoms with van der Waals surface area (Å²) in [4.78, 5) is 30.2. The van der Waals surface area contributed by atoms with Gasteiger partial charge in [0, 0.05) is 20.3 Å². The molecule has 0 spiro atoms. The van der Waals surface area contributed by atoms with Crippen LogP contribution >= 0.6 is 11.6 Å². The number of rotatable bonds is 5. The molecule has 19 heavy (non-hydrogen) atoms. The van der Waals surface area contributed by atoms with Crippen LogP contribution in [0.3, 0.4) is 0 Å². The predicted molar refractivity (Wildman–Crippen MR) is 74.1 cm³/mol. The van der Waals surface area contributed by atoms with Crippen LogP contribution in [0, 0.1) is 0 Å². The molecule has 1 aromatic rings. The molecule has 0 fully saturated rings. The number of pyridine rings is 1. The highest BCUT2D eigenvalue weighted by molar-refractivity contribution is 6.30. The molecule has 7 heteroatoms. The summed E-state index contributed by atoms with van der Waals surface area (Å²) in [6.45, 7) is 0.304. The second-order valence-corrected chi connectivity index (χ2v) is 4.81. The van der Waals surface area contributed by atoms with Gasteiger partial charge in [-0.25, -0.2) is 4.98 Å². The van der Waals surface area contributed by atoms with Crippen LogP contribution < -0.4 is 5.32 Å². The Morgan fingerprint density at radius 1 is 1.26 bits per heavy atom. The van der Waals surface area contributed by atoms with Crippen LogP contribution in [-0.4, -0.2) is 60.8 Å². The highest BCUT2D eigenvalue weighted by Crippen LogP contribution is 2.09. The Labute approximate surface area is 117 Å². The minimum atomic E-state index is -0.233. The zero-order valence-electron chi connectivity index (χ0n) is 11.2. The minimum Gasteiger partial charge on any atom is -0.348 e. The minimum absolute atomic E-state index is 0.0556. The molecular formula is C12H17ClN4O2. The highest BCUT2D eigenvalue weighted by atomic mass is 35.5. The van der Waals surface area contributed by atoms with Crippen molar-refractivity contribution in [1.29, 1.82) is 0 Å². The molecule has 0 aromatic carbocycles. The predicted octanol–water partition coefficient (Wildman–Crippen LogP) is 0.693. The molecule has 0 aliphatic carbocycles. The fourth-order valence-electron chi connectivity index (χ4n) is 1.31. The van der Waals surface area contributed by atoms with Crippen LogP contribution in [0.2, 0.25) is 5.02 Å². The van der Waals surface area contributed by atoms with Gasteiger partial charge in [0.2, 0.25) is 11.8 Å². The molecule has 0 aliphatic rings. The van der Waals surface area contributed by atoms with E-state index in [1.54, 1.807) is 38.2 Å². The number of carbonyl (C=O) groups is 2. The first kappa shape index (κ1) is 15.4. The van der Waals surface area contributed by atoms with E-state index in [1.165, 1.54) is 11.1 Å². The Kier molecular flexibility index (Phi) is 5.72. The number of halogens is 1. The van der Waals surface area contributed by atoms with E-state index < -0.39 is 0 Å². The van der Waals surface area contributed by atoms with E-state index in [0.29, 0.717) is 10.8 Å². The molecule has 0 bridgehead atoms. The zero-order chi connectivity index (χ0) is 14.4. The van der Waals surface area contributed by atoms with Crippen molar-refractivity contribution in [2.24, 2.45) is 0 Å². The third-order valence-electron chi connectivity index (χ3n) is 2.31. The summed E-state index contributed by atoms with van der Waals surface area (Å²) in [5, 5.41) is 3.13. The van der Waals surface area contributed by atoms with Crippen molar-refractivity contribution in [1.82, 2.24) is 14.8 Å². The number of hydrogen-bond acceptors (Lipinski definition) is 4. The van der Waals surface area contributed by atoms with Gasteiger partial charge < -0.3 is 10.2 Å². The summed E-state index contributed by atoms with van der Waals surface area (Å²) in [6, 6.07) is 3.26. The summed E-state index contributed by atoms with van der Waals surface area (Å²) in [7, 11) is 5.05. The van der Waals surface area contributed by atoms with Crippen molar-refractivity contribution in [3.8, 4) is 0 Å². The standard InChI is InChI=1S/C12H17ClN4O2/c1-16(2)12(19)8-17(3)7-11(18)15-10-5-4-9(13)6-14-10/h4-6H,7-8H2,1-3H3,(H,14,15,18). The largest absolute Gasteiger partial charge is 0.348 e. The SMILES string of the molecule is CN(CC(=O)Nc1ccc(Cl)cn1)CC(=O)N(C)C. The Morgan fingerprint density at radius 2 is 1.95 bits per heavy atom. The lowest BCUT2D eigenvalue weighted by Gasteiger charge is -2.18. The van der Waals surface area contributed by atoms with Crippen molar-refractivity contribution in [2.45, 2.75) is 0 Å². The van der Waals surface area contributed by atoms with Crippen LogP contribution in [-0.2, 0) is 9.59 Å². The van der Waals surface area contributed by atoms with Crippen LogP contribution in [0.1, 0.15) is 0 Å². The van der Waals surface area contributed by atoms with Gasteiger partial charge in [-0.3, -0.25) is 14.5 Å². The molecule has 1 rings (SSSR count). The fourth-order valence-corrected chi connectivity index (χ4v) is 1.42. The van der Waals surface area contributed by atoms with Gasteiger partial charge in [-0.2, -0.15) is 0 Å². The summed E-state index contributed by atoms with van der Waals surface area (Å²) < 4.78 is 0. The normalized spacial score (nSPS) is 10.4. The quantitative estimate of drug-likeness (QED) is 0.864. The molecule has 0 unspecified atom stereocenters. The van der Waals surface area contributed by atoms with E-state index in [-0.39, 0.29) is 24.9 Å². The van der Waals surface area contributed by atoms with E-state index in [9.17, 15) is 9.59 Å². The topological polar surface area (TPSA) is 65.5 Å². The molecule has 0 saturated heterocycles. The maximum absolute atomic E-state index is 11.7. The molecule has 1 heterocycles. The van der Waals surface area contributed by atoms with E-state index in [1.807, 2.05) is 0 Å². The summed E-state index contributed by atoms with van der Waals surface area (Å²) >= 11 is 5.69.